The number of amides is 1. The predicted octanol–water partition coefficient (Wildman–Crippen LogP) is 1.53. The molecule has 2 heterocycles. The molecule has 136 valence electrons. The maximum Gasteiger partial charge on any atom is 0.309 e. The first-order valence-electron chi connectivity index (χ1n) is 8.46. The van der Waals surface area contributed by atoms with Crippen molar-refractivity contribution in [1.82, 2.24) is 20.4 Å². The highest BCUT2D eigenvalue weighted by Crippen LogP contribution is 2.20. The largest absolute Gasteiger partial charge is 0.372 e. The number of rotatable bonds is 7. The van der Waals surface area contributed by atoms with E-state index in [0.717, 1.165) is 11.1 Å². The van der Waals surface area contributed by atoms with Crippen LogP contribution >= 0.6 is 0 Å². The summed E-state index contributed by atoms with van der Waals surface area (Å²) in [6.45, 7) is 6.36. The van der Waals surface area contributed by atoms with Crippen LogP contribution in [0.5, 0.6) is 0 Å². The number of nitrogens with zero attached hydrogens (tertiary/aromatic N) is 4. The third-order valence-corrected chi connectivity index (χ3v) is 3.63. The molecule has 1 aliphatic heterocycles. The van der Waals surface area contributed by atoms with E-state index in [9.17, 15) is 4.79 Å². The number of carbonyl (C=O) groups excluding carboxylic acids is 1. The summed E-state index contributed by atoms with van der Waals surface area (Å²) in [5, 5.41) is 9.94. The molecule has 0 radical (unpaired) electrons. The minimum atomic E-state index is -0.508. The summed E-state index contributed by atoms with van der Waals surface area (Å²) in [6, 6.07) is 5.93. The number of ether oxygens (including phenoxy) is 1. The van der Waals surface area contributed by atoms with Crippen LogP contribution in [0.25, 0.3) is 0 Å². The zero-order valence-electron chi connectivity index (χ0n) is 14.7. The molecule has 0 aliphatic carbocycles. The number of carbonyl (C=O) groups is 1. The van der Waals surface area contributed by atoms with Crippen molar-refractivity contribution in [3.05, 3.63) is 40.7 Å². The van der Waals surface area contributed by atoms with E-state index in [0.29, 0.717) is 38.2 Å². The molecule has 1 aromatic heterocycles. The minimum absolute atomic E-state index is 0.00796. The van der Waals surface area contributed by atoms with E-state index >= 15 is 0 Å². The number of anilines is 2. The number of hydrogen-bond acceptors (Lipinski definition) is 8. The molecule has 0 spiro atoms. The van der Waals surface area contributed by atoms with Gasteiger partial charge in [-0.3, -0.25) is 4.79 Å². The fourth-order valence-electron chi connectivity index (χ4n) is 2.44. The lowest BCUT2D eigenvalue weighted by Crippen LogP contribution is -2.22. The standard InChI is InChI=1S/C17H21N7O2/c1-3-18-16-21-14(22-17(23-16)19-4-2)15(25)24-20-8-11-5-6-12-9-26-10-13(12)7-11/h5-8H,3-4,9-10H2,1-2H3,(H,24,25)(H2,18,19,21,22,23). The van der Waals surface area contributed by atoms with Crippen LogP contribution in [0.1, 0.15) is 41.2 Å². The molecule has 0 bridgehead atoms. The number of hydrogen-bond donors (Lipinski definition) is 3. The quantitative estimate of drug-likeness (QED) is 0.510. The Balaban J connectivity index is 1.69. The maximum atomic E-state index is 12.3. The van der Waals surface area contributed by atoms with Crippen LogP contribution in [0.15, 0.2) is 23.3 Å². The van der Waals surface area contributed by atoms with Gasteiger partial charge in [0.1, 0.15) is 0 Å². The highest BCUT2D eigenvalue weighted by molar-refractivity contribution is 5.92. The molecule has 26 heavy (non-hydrogen) atoms. The Kier molecular flexibility index (Phi) is 5.69. The van der Waals surface area contributed by atoms with Crippen molar-refractivity contribution in [1.29, 1.82) is 0 Å². The summed E-state index contributed by atoms with van der Waals surface area (Å²) in [7, 11) is 0. The molecular formula is C17H21N7O2. The number of hydrazone groups is 1. The normalized spacial score (nSPS) is 12.8. The van der Waals surface area contributed by atoms with E-state index in [4.69, 9.17) is 4.74 Å². The minimum Gasteiger partial charge on any atom is -0.372 e. The van der Waals surface area contributed by atoms with Crippen molar-refractivity contribution >= 4 is 24.0 Å². The van der Waals surface area contributed by atoms with Crippen LogP contribution in [0.2, 0.25) is 0 Å². The summed E-state index contributed by atoms with van der Waals surface area (Å²) in [5.74, 6) is 0.162. The molecular weight excluding hydrogens is 334 g/mol. The van der Waals surface area contributed by atoms with Crippen molar-refractivity contribution in [2.45, 2.75) is 27.1 Å². The molecule has 9 heteroatoms. The Labute approximate surface area is 151 Å². The van der Waals surface area contributed by atoms with E-state index in [-0.39, 0.29) is 5.82 Å². The van der Waals surface area contributed by atoms with Crippen molar-refractivity contribution in [3.63, 3.8) is 0 Å². The predicted molar refractivity (Wildman–Crippen MR) is 98.1 cm³/mol. The monoisotopic (exact) mass is 355 g/mol. The van der Waals surface area contributed by atoms with E-state index < -0.39 is 5.91 Å². The third kappa shape index (κ3) is 4.31. The van der Waals surface area contributed by atoms with Crippen LogP contribution in [0, 0.1) is 0 Å². The molecule has 0 fully saturated rings. The summed E-state index contributed by atoms with van der Waals surface area (Å²) >= 11 is 0. The number of nitrogens with one attached hydrogen (secondary N) is 3. The molecule has 3 N–H and O–H groups in total. The van der Waals surface area contributed by atoms with Crippen molar-refractivity contribution in [2.75, 3.05) is 23.7 Å². The molecule has 3 rings (SSSR count). The zero-order valence-corrected chi connectivity index (χ0v) is 14.7. The first-order valence-corrected chi connectivity index (χ1v) is 8.46. The highest BCUT2D eigenvalue weighted by atomic mass is 16.5. The van der Waals surface area contributed by atoms with Crippen molar-refractivity contribution < 1.29 is 9.53 Å². The van der Waals surface area contributed by atoms with Crippen LogP contribution in [-0.4, -0.2) is 40.2 Å². The maximum absolute atomic E-state index is 12.3. The summed E-state index contributed by atoms with van der Waals surface area (Å²) in [5.41, 5.74) is 5.65. The molecule has 1 aliphatic rings. The molecule has 2 aromatic rings. The highest BCUT2D eigenvalue weighted by Gasteiger charge is 2.13. The van der Waals surface area contributed by atoms with Gasteiger partial charge in [-0.05, 0) is 36.6 Å². The molecule has 9 nitrogen and oxygen atoms in total. The average molecular weight is 355 g/mol. The molecule has 0 saturated carbocycles. The Hall–Kier alpha value is -3.07. The van der Waals surface area contributed by atoms with E-state index in [1.807, 2.05) is 32.0 Å². The Bertz CT molecular complexity index is 799. The second-order valence-electron chi connectivity index (χ2n) is 5.59. The zero-order chi connectivity index (χ0) is 18.4. The van der Waals surface area contributed by atoms with E-state index in [1.54, 1.807) is 6.21 Å². The first kappa shape index (κ1) is 17.7. The van der Waals surface area contributed by atoms with Gasteiger partial charge in [-0.25, -0.2) is 5.43 Å². The van der Waals surface area contributed by atoms with Gasteiger partial charge in [0.05, 0.1) is 19.4 Å². The lowest BCUT2D eigenvalue weighted by Gasteiger charge is -2.07. The van der Waals surface area contributed by atoms with Gasteiger partial charge in [-0.1, -0.05) is 12.1 Å². The SMILES string of the molecule is CCNc1nc(NCC)nc(C(=O)NN=Cc2ccc3c(c2)COC3)n1. The third-order valence-electron chi connectivity index (χ3n) is 3.63. The molecule has 1 aromatic carbocycles. The number of fused-ring (bicyclic) bond motifs is 1. The van der Waals surface area contributed by atoms with Crippen LogP contribution in [0.4, 0.5) is 11.9 Å². The number of aromatic nitrogens is 3. The number of benzene rings is 1. The molecule has 0 atom stereocenters. The van der Waals surface area contributed by atoms with Crippen LogP contribution in [-0.2, 0) is 18.0 Å². The molecule has 0 saturated heterocycles. The lowest BCUT2D eigenvalue weighted by molar-refractivity contribution is 0.0944. The van der Waals surface area contributed by atoms with Gasteiger partial charge in [0.25, 0.3) is 0 Å². The Morgan fingerprint density at radius 1 is 1.12 bits per heavy atom. The smallest absolute Gasteiger partial charge is 0.309 e. The fourth-order valence-corrected chi connectivity index (χ4v) is 2.44. The summed E-state index contributed by atoms with van der Waals surface area (Å²) in [6.07, 6.45) is 1.58. The molecule has 1 amide bonds. The second kappa shape index (κ2) is 8.34. The van der Waals surface area contributed by atoms with Gasteiger partial charge in [-0.15, -0.1) is 0 Å². The fraction of sp³-hybridized carbons (Fsp3) is 0.353. The van der Waals surface area contributed by atoms with E-state index in [2.05, 4.69) is 36.1 Å². The molecule has 0 unspecified atom stereocenters. The van der Waals surface area contributed by atoms with Gasteiger partial charge >= 0.3 is 5.91 Å². The van der Waals surface area contributed by atoms with Gasteiger partial charge < -0.3 is 15.4 Å². The Morgan fingerprint density at radius 3 is 2.50 bits per heavy atom. The Morgan fingerprint density at radius 2 is 1.81 bits per heavy atom. The topological polar surface area (TPSA) is 113 Å². The van der Waals surface area contributed by atoms with Crippen LogP contribution in [0.3, 0.4) is 0 Å². The summed E-state index contributed by atoms with van der Waals surface area (Å²) in [4.78, 5) is 24.7. The summed E-state index contributed by atoms with van der Waals surface area (Å²) < 4.78 is 5.38. The van der Waals surface area contributed by atoms with Gasteiger partial charge in [0.15, 0.2) is 0 Å². The first-order chi connectivity index (χ1) is 12.7. The van der Waals surface area contributed by atoms with Crippen molar-refractivity contribution in [2.24, 2.45) is 5.10 Å². The average Bonchev–Trinajstić information content (AvgIpc) is 3.10. The van der Waals surface area contributed by atoms with Crippen LogP contribution < -0.4 is 16.1 Å². The van der Waals surface area contributed by atoms with Gasteiger partial charge in [-0.2, -0.15) is 20.1 Å². The second-order valence-corrected chi connectivity index (χ2v) is 5.59. The van der Waals surface area contributed by atoms with E-state index in [1.165, 1.54) is 5.56 Å². The lowest BCUT2D eigenvalue weighted by atomic mass is 10.1. The van der Waals surface area contributed by atoms with Gasteiger partial charge in [0, 0.05) is 13.1 Å². The van der Waals surface area contributed by atoms with Gasteiger partial charge in [0.2, 0.25) is 17.7 Å². The van der Waals surface area contributed by atoms with Crippen molar-refractivity contribution in [3.8, 4) is 0 Å².